The van der Waals surface area contributed by atoms with Crippen LogP contribution in [0, 0.1) is 5.82 Å². The summed E-state index contributed by atoms with van der Waals surface area (Å²) < 4.78 is 19.4. The van der Waals surface area contributed by atoms with Crippen LogP contribution < -0.4 is 0 Å². The first-order valence-electron chi connectivity index (χ1n) is 6.57. The van der Waals surface area contributed by atoms with Crippen molar-refractivity contribution in [3.8, 4) is 0 Å². The second-order valence-corrected chi connectivity index (χ2v) is 4.92. The molecule has 2 rings (SSSR count). The van der Waals surface area contributed by atoms with Gasteiger partial charge in [0.1, 0.15) is 5.82 Å². The molecule has 5 heteroatoms. The van der Waals surface area contributed by atoms with Crippen LogP contribution in [0.3, 0.4) is 0 Å². The van der Waals surface area contributed by atoms with Gasteiger partial charge in [0.05, 0.1) is 13.2 Å². The molecule has 0 aliphatic carbocycles. The molecule has 1 fully saturated rings. The van der Waals surface area contributed by atoms with E-state index >= 15 is 0 Å². The number of benzene rings is 1. The van der Waals surface area contributed by atoms with E-state index < -0.39 is 5.97 Å². The normalized spacial score (nSPS) is 20.4. The molecule has 0 amide bonds. The Bertz CT molecular complexity index is 516. The summed E-state index contributed by atoms with van der Waals surface area (Å²) in [7, 11) is 0. The summed E-state index contributed by atoms with van der Waals surface area (Å²) in [6, 6.07) is 5.07. The summed E-state index contributed by atoms with van der Waals surface area (Å²) in [5.41, 5.74) is 1.16. The van der Waals surface area contributed by atoms with Crippen LogP contribution in [0.25, 0.3) is 6.08 Å². The Morgan fingerprint density at radius 2 is 2.40 bits per heavy atom. The van der Waals surface area contributed by atoms with E-state index in [9.17, 15) is 9.18 Å². The minimum absolute atomic E-state index is 0.273. The van der Waals surface area contributed by atoms with Gasteiger partial charge in [-0.2, -0.15) is 0 Å². The predicted molar refractivity (Wildman–Crippen MR) is 73.8 cm³/mol. The number of rotatable bonds is 4. The van der Waals surface area contributed by atoms with Gasteiger partial charge in [-0.15, -0.1) is 0 Å². The summed E-state index contributed by atoms with van der Waals surface area (Å²) in [4.78, 5) is 12.6. The molecule has 20 heavy (non-hydrogen) atoms. The van der Waals surface area contributed by atoms with Crippen molar-refractivity contribution in [2.75, 3.05) is 19.8 Å². The Hall–Kier alpha value is -1.72. The number of ether oxygens (including phenoxy) is 1. The van der Waals surface area contributed by atoms with Crippen molar-refractivity contribution in [1.82, 2.24) is 4.90 Å². The highest BCUT2D eigenvalue weighted by atomic mass is 19.1. The van der Waals surface area contributed by atoms with Gasteiger partial charge in [-0.25, -0.2) is 9.18 Å². The third-order valence-electron chi connectivity index (χ3n) is 3.37. The molecule has 1 saturated heterocycles. The molecule has 1 unspecified atom stereocenters. The van der Waals surface area contributed by atoms with Crippen LogP contribution in [0.1, 0.15) is 18.1 Å². The van der Waals surface area contributed by atoms with Crippen LogP contribution in [-0.2, 0) is 16.1 Å². The largest absolute Gasteiger partial charge is 0.478 e. The van der Waals surface area contributed by atoms with Gasteiger partial charge >= 0.3 is 5.97 Å². The lowest BCUT2D eigenvalue weighted by Crippen LogP contribution is -2.43. The van der Waals surface area contributed by atoms with Crippen LogP contribution >= 0.6 is 0 Å². The molecular weight excluding hydrogens is 261 g/mol. The predicted octanol–water partition coefficient (Wildman–Crippen LogP) is 2.14. The minimum Gasteiger partial charge on any atom is -0.478 e. The molecule has 1 heterocycles. The molecule has 0 saturated carbocycles. The molecule has 1 aliphatic heterocycles. The molecule has 108 valence electrons. The summed E-state index contributed by atoms with van der Waals surface area (Å²) in [6.45, 7) is 4.73. The van der Waals surface area contributed by atoms with Crippen LogP contribution in [0.2, 0.25) is 0 Å². The van der Waals surface area contributed by atoms with Gasteiger partial charge in [-0.1, -0.05) is 12.1 Å². The van der Waals surface area contributed by atoms with E-state index in [1.54, 1.807) is 12.1 Å². The lowest BCUT2D eigenvalue weighted by Gasteiger charge is -2.33. The van der Waals surface area contributed by atoms with Gasteiger partial charge in [0, 0.05) is 30.8 Å². The number of halogens is 1. The zero-order chi connectivity index (χ0) is 14.5. The van der Waals surface area contributed by atoms with Crippen molar-refractivity contribution < 1.29 is 19.0 Å². The molecule has 1 atom stereocenters. The van der Waals surface area contributed by atoms with E-state index in [1.165, 1.54) is 12.1 Å². The summed E-state index contributed by atoms with van der Waals surface area (Å²) in [6.07, 6.45) is 2.38. The van der Waals surface area contributed by atoms with Crippen molar-refractivity contribution in [2.45, 2.75) is 19.5 Å². The van der Waals surface area contributed by atoms with Crippen LogP contribution in [-0.4, -0.2) is 41.8 Å². The number of hydrogen-bond donors (Lipinski definition) is 1. The topological polar surface area (TPSA) is 49.8 Å². The van der Waals surface area contributed by atoms with E-state index in [4.69, 9.17) is 9.84 Å². The maximum atomic E-state index is 14.0. The molecule has 0 aromatic heterocycles. The molecule has 0 radical (unpaired) electrons. The molecule has 1 aliphatic rings. The van der Waals surface area contributed by atoms with Crippen molar-refractivity contribution in [2.24, 2.45) is 0 Å². The monoisotopic (exact) mass is 279 g/mol. The highest BCUT2D eigenvalue weighted by molar-refractivity contribution is 5.85. The number of carboxylic acids is 1. The average Bonchev–Trinajstić information content (AvgIpc) is 2.41. The maximum absolute atomic E-state index is 14.0. The number of carboxylic acid groups (broad SMARTS) is 1. The number of morpholine rings is 1. The van der Waals surface area contributed by atoms with Gasteiger partial charge < -0.3 is 9.84 Å². The molecule has 4 nitrogen and oxygen atoms in total. The number of hydrogen-bond acceptors (Lipinski definition) is 3. The molecule has 0 bridgehead atoms. The highest BCUT2D eigenvalue weighted by Gasteiger charge is 2.19. The maximum Gasteiger partial charge on any atom is 0.328 e. The number of nitrogens with zero attached hydrogens (tertiary/aromatic N) is 1. The third kappa shape index (κ3) is 3.88. The number of carbonyl (C=O) groups is 1. The van der Waals surface area contributed by atoms with E-state index in [1.807, 2.05) is 0 Å². The summed E-state index contributed by atoms with van der Waals surface area (Å²) >= 11 is 0. The highest BCUT2D eigenvalue weighted by Crippen LogP contribution is 2.17. The Morgan fingerprint density at radius 3 is 3.05 bits per heavy atom. The standard InChI is InChI=1S/C15H18FNO3/c1-11-10-20-7-6-17(11)9-13-4-2-12(8-14(13)16)3-5-15(18)19/h2-5,8,11H,6-7,9-10H2,1H3,(H,18,19). The first-order valence-corrected chi connectivity index (χ1v) is 6.57. The summed E-state index contributed by atoms with van der Waals surface area (Å²) in [5, 5.41) is 8.55. The summed E-state index contributed by atoms with van der Waals surface area (Å²) in [5.74, 6) is -1.35. The van der Waals surface area contributed by atoms with Crippen molar-refractivity contribution in [1.29, 1.82) is 0 Å². The van der Waals surface area contributed by atoms with Gasteiger partial charge in [0.2, 0.25) is 0 Å². The lowest BCUT2D eigenvalue weighted by atomic mass is 10.1. The van der Waals surface area contributed by atoms with E-state index in [2.05, 4.69) is 11.8 Å². The molecule has 0 spiro atoms. The zero-order valence-electron chi connectivity index (χ0n) is 11.4. The van der Waals surface area contributed by atoms with Crippen LogP contribution in [0.4, 0.5) is 4.39 Å². The van der Waals surface area contributed by atoms with E-state index in [0.717, 1.165) is 12.6 Å². The Morgan fingerprint density at radius 1 is 1.60 bits per heavy atom. The molecular formula is C15H18FNO3. The Kier molecular flexibility index (Phi) is 4.87. The minimum atomic E-state index is -1.04. The van der Waals surface area contributed by atoms with Crippen LogP contribution in [0.15, 0.2) is 24.3 Å². The molecule has 1 N–H and O–H groups in total. The molecule has 1 aromatic carbocycles. The smallest absolute Gasteiger partial charge is 0.328 e. The lowest BCUT2D eigenvalue weighted by molar-refractivity contribution is -0.131. The first kappa shape index (κ1) is 14.7. The van der Waals surface area contributed by atoms with Gasteiger partial charge in [0.15, 0.2) is 0 Å². The van der Waals surface area contributed by atoms with Crippen molar-refractivity contribution in [3.63, 3.8) is 0 Å². The third-order valence-corrected chi connectivity index (χ3v) is 3.37. The Labute approximate surface area is 117 Å². The molecule has 1 aromatic rings. The first-order chi connectivity index (χ1) is 9.56. The van der Waals surface area contributed by atoms with Crippen molar-refractivity contribution in [3.05, 3.63) is 41.2 Å². The number of aliphatic carboxylic acids is 1. The Balaban J connectivity index is 2.07. The fourth-order valence-corrected chi connectivity index (χ4v) is 2.18. The fraction of sp³-hybridized carbons (Fsp3) is 0.400. The zero-order valence-corrected chi connectivity index (χ0v) is 11.4. The fourth-order valence-electron chi connectivity index (χ4n) is 2.18. The second-order valence-electron chi connectivity index (χ2n) is 4.92. The van der Waals surface area contributed by atoms with Crippen LogP contribution in [0.5, 0.6) is 0 Å². The van der Waals surface area contributed by atoms with Crippen molar-refractivity contribution >= 4 is 12.0 Å². The van der Waals surface area contributed by atoms with E-state index in [-0.39, 0.29) is 11.9 Å². The SMILES string of the molecule is CC1COCCN1Cc1ccc(C=CC(=O)O)cc1F. The van der Waals surface area contributed by atoms with E-state index in [0.29, 0.717) is 30.9 Å². The second kappa shape index (κ2) is 6.63. The quantitative estimate of drug-likeness (QED) is 0.858. The average molecular weight is 279 g/mol. The van der Waals surface area contributed by atoms with Gasteiger partial charge in [-0.3, -0.25) is 4.90 Å². The van der Waals surface area contributed by atoms with Gasteiger partial charge in [-0.05, 0) is 24.6 Å². The van der Waals surface area contributed by atoms with Gasteiger partial charge in [0.25, 0.3) is 0 Å².